The van der Waals surface area contributed by atoms with Crippen LogP contribution >= 0.6 is 34.4 Å². The third-order valence-corrected chi connectivity index (χ3v) is 9.15. The number of nitrogens with zero attached hydrogens (tertiary/aromatic N) is 2. The van der Waals surface area contributed by atoms with Gasteiger partial charge in [-0.25, -0.2) is 4.79 Å². The van der Waals surface area contributed by atoms with Crippen LogP contribution in [0.4, 0.5) is 0 Å². The number of aromatic nitrogens is 2. The highest BCUT2D eigenvalue weighted by atomic mass is 32.1. The molecular weight excluding hydrogens is 601 g/mol. The fourth-order valence-corrected chi connectivity index (χ4v) is 6.55. The number of esters is 1. The van der Waals surface area contributed by atoms with Crippen LogP contribution < -0.4 is 18.9 Å². The van der Waals surface area contributed by atoms with Gasteiger partial charge in [-0.3, -0.25) is 4.79 Å². The van der Waals surface area contributed by atoms with Crippen LogP contribution in [0.1, 0.15) is 25.7 Å². The van der Waals surface area contributed by atoms with E-state index in [-0.39, 0.29) is 13.2 Å². The van der Waals surface area contributed by atoms with Crippen molar-refractivity contribution in [2.75, 3.05) is 21.0 Å². The summed E-state index contributed by atoms with van der Waals surface area (Å²) in [4.78, 5) is 24.9. The smallest absolute Gasteiger partial charge is 0.342 e. The number of rotatable bonds is 7. The Balaban J connectivity index is 0.000000302. The van der Waals surface area contributed by atoms with Crippen molar-refractivity contribution in [3.05, 3.63) is 87.1 Å². The number of ether oxygens (including phenoxy) is 5. The maximum Gasteiger partial charge on any atom is 0.342 e. The van der Waals surface area contributed by atoms with E-state index in [4.69, 9.17) is 23.7 Å². The molecule has 0 amide bonds. The number of thiophene rings is 2. The van der Waals surface area contributed by atoms with E-state index >= 15 is 0 Å². The van der Waals surface area contributed by atoms with Crippen molar-refractivity contribution in [3.63, 3.8) is 0 Å². The largest absolute Gasteiger partial charge is 0.487 e. The summed E-state index contributed by atoms with van der Waals surface area (Å²) in [6.07, 6.45) is 1.10. The van der Waals surface area contributed by atoms with Crippen LogP contribution in [0.25, 0.3) is 16.6 Å². The molecule has 214 valence electrons. The molecule has 0 saturated carbocycles. The normalized spacial score (nSPS) is 17.2. The van der Waals surface area contributed by atoms with E-state index in [0.29, 0.717) is 44.2 Å². The molecule has 0 spiro atoms. The molecule has 0 fully saturated rings. The lowest BCUT2D eigenvalue weighted by Gasteiger charge is -2.25. The second-order valence-corrected chi connectivity index (χ2v) is 11.7. The van der Waals surface area contributed by atoms with E-state index in [1.165, 1.54) is 22.7 Å². The van der Waals surface area contributed by atoms with Gasteiger partial charge in [0.15, 0.2) is 27.9 Å². The van der Waals surface area contributed by atoms with Crippen molar-refractivity contribution in [2.24, 2.45) is 0 Å². The Morgan fingerprint density at radius 2 is 1.69 bits per heavy atom. The van der Waals surface area contributed by atoms with Crippen molar-refractivity contribution in [1.29, 1.82) is 0 Å². The molecule has 1 N–H and O–H groups in total. The van der Waals surface area contributed by atoms with E-state index in [9.17, 15) is 14.7 Å². The minimum Gasteiger partial charge on any atom is -0.487 e. The molecule has 42 heavy (non-hydrogen) atoms. The first-order valence-corrected chi connectivity index (χ1v) is 14.8. The number of cyclic esters (lactones) is 1. The standard InChI is InChI=1S/C23H16N2O6S2.C6H6O2S/c1-28-20-7-4-14(32-20)10-15-21(12-2-5-16-17(8-12)25-33-24-16)22(26)31-23(15,27)13-3-6-18-19(9-13)30-11-29-18;1-8-6-3-2-5(4-7)9-6/h2-9,27H,10-11H2,1H3;2-4H,1H3. The Kier molecular flexibility index (Phi) is 7.64. The zero-order valence-electron chi connectivity index (χ0n) is 22.2. The van der Waals surface area contributed by atoms with Crippen molar-refractivity contribution in [2.45, 2.75) is 12.2 Å². The SMILES string of the molecule is COc1ccc(C=O)s1.COc1ccc(CC2=C(c3ccc4nsnc4c3)C(=O)OC2(O)c2ccc3c(c2)OCO3)s1. The summed E-state index contributed by atoms with van der Waals surface area (Å²) in [5.41, 5.74) is 3.14. The third-order valence-electron chi connectivity index (χ3n) is 6.57. The molecular formula is C29H22N2O8S3. The number of hydrogen-bond donors (Lipinski definition) is 1. The Morgan fingerprint density at radius 1 is 0.929 bits per heavy atom. The molecule has 2 aromatic carbocycles. The summed E-state index contributed by atoms with van der Waals surface area (Å²) in [7, 11) is 3.18. The van der Waals surface area contributed by atoms with Gasteiger partial charge >= 0.3 is 5.97 Å². The van der Waals surface area contributed by atoms with E-state index in [0.717, 1.165) is 38.5 Å². The highest BCUT2D eigenvalue weighted by Gasteiger charge is 2.48. The molecule has 13 heteroatoms. The summed E-state index contributed by atoms with van der Waals surface area (Å²) in [5, 5.41) is 13.3. The molecule has 0 bridgehead atoms. The second-order valence-electron chi connectivity index (χ2n) is 9.00. The Morgan fingerprint density at radius 3 is 2.43 bits per heavy atom. The Hall–Kier alpha value is -4.30. The zero-order chi connectivity index (χ0) is 29.3. The Labute approximate surface area is 251 Å². The summed E-state index contributed by atoms with van der Waals surface area (Å²) in [6, 6.07) is 17.7. The van der Waals surface area contributed by atoms with Crippen LogP contribution in [-0.2, 0) is 21.7 Å². The molecule has 2 aliphatic rings. The fourth-order valence-electron chi connectivity index (χ4n) is 4.56. The molecule has 0 radical (unpaired) electrons. The lowest BCUT2D eigenvalue weighted by molar-refractivity contribution is -0.185. The van der Waals surface area contributed by atoms with E-state index in [1.54, 1.807) is 62.8 Å². The Bertz CT molecular complexity index is 1820. The summed E-state index contributed by atoms with van der Waals surface area (Å²) in [6.45, 7) is 0.0988. The lowest BCUT2D eigenvalue weighted by atomic mass is 9.89. The highest BCUT2D eigenvalue weighted by Crippen LogP contribution is 2.47. The lowest BCUT2D eigenvalue weighted by Crippen LogP contribution is -2.29. The molecule has 10 nitrogen and oxygen atoms in total. The number of benzene rings is 2. The monoisotopic (exact) mass is 622 g/mol. The van der Waals surface area contributed by atoms with E-state index < -0.39 is 11.8 Å². The molecule has 0 aliphatic carbocycles. The first-order chi connectivity index (χ1) is 20.4. The minimum absolute atomic E-state index is 0.0988. The van der Waals surface area contributed by atoms with Gasteiger partial charge in [0.2, 0.25) is 6.79 Å². The number of hydrogen-bond acceptors (Lipinski definition) is 13. The van der Waals surface area contributed by atoms with Gasteiger partial charge in [0.25, 0.3) is 5.79 Å². The average molecular weight is 623 g/mol. The molecule has 5 heterocycles. The van der Waals surface area contributed by atoms with Gasteiger partial charge in [0.1, 0.15) is 11.0 Å². The van der Waals surface area contributed by atoms with Crippen molar-refractivity contribution in [1.82, 2.24) is 8.75 Å². The minimum atomic E-state index is -1.97. The summed E-state index contributed by atoms with van der Waals surface area (Å²) >= 11 is 3.88. The first kappa shape index (κ1) is 27.8. The number of carbonyl (C=O) groups excluding carboxylic acids is 2. The number of fused-ring (bicyclic) bond motifs is 2. The van der Waals surface area contributed by atoms with Crippen LogP contribution in [0.5, 0.6) is 21.6 Å². The predicted molar refractivity (Wildman–Crippen MR) is 158 cm³/mol. The van der Waals surface area contributed by atoms with Crippen LogP contribution in [-0.4, -0.2) is 47.1 Å². The fraction of sp³-hybridized carbons (Fsp3) is 0.172. The molecule has 1 atom stereocenters. The van der Waals surface area contributed by atoms with Gasteiger partial charge in [-0.2, -0.15) is 8.75 Å². The van der Waals surface area contributed by atoms with Crippen molar-refractivity contribution >= 4 is 63.3 Å². The van der Waals surface area contributed by atoms with E-state index in [2.05, 4.69) is 8.75 Å². The third kappa shape index (κ3) is 5.23. The van der Waals surface area contributed by atoms with Gasteiger partial charge in [-0.1, -0.05) is 17.4 Å². The zero-order valence-corrected chi connectivity index (χ0v) is 24.6. The number of aliphatic hydroxyl groups is 1. The highest BCUT2D eigenvalue weighted by molar-refractivity contribution is 7.15. The number of methoxy groups -OCH3 is 2. The van der Waals surface area contributed by atoms with Crippen molar-refractivity contribution < 1.29 is 38.4 Å². The van der Waals surface area contributed by atoms with Gasteiger partial charge < -0.3 is 28.8 Å². The van der Waals surface area contributed by atoms with Crippen molar-refractivity contribution in [3.8, 4) is 21.6 Å². The molecule has 1 unspecified atom stereocenters. The molecule has 7 rings (SSSR count). The molecule has 2 aliphatic heterocycles. The second kappa shape index (κ2) is 11.5. The number of carbonyl (C=O) groups is 2. The first-order valence-electron chi connectivity index (χ1n) is 12.5. The molecule has 3 aromatic heterocycles. The quantitative estimate of drug-likeness (QED) is 0.185. The molecule has 0 saturated heterocycles. The van der Waals surface area contributed by atoms with Gasteiger partial charge in [0, 0.05) is 22.4 Å². The maximum absolute atomic E-state index is 13.2. The number of aldehydes is 1. The average Bonchev–Trinajstić information content (AvgIpc) is 3.84. The van der Waals surface area contributed by atoms with Crippen LogP contribution in [0, 0.1) is 0 Å². The van der Waals surface area contributed by atoms with Crippen LogP contribution in [0.3, 0.4) is 0 Å². The maximum atomic E-state index is 13.2. The van der Waals surface area contributed by atoms with Crippen LogP contribution in [0.15, 0.2) is 66.2 Å². The predicted octanol–water partition coefficient (Wildman–Crippen LogP) is 5.46. The molecule has 5 aromatic rings. The van der Waals surface area contributed by atoms with Gasteiger partial charge in [0.05, 0.1) is 36.4 Å². The topological polar surface area (TPSA) is 126 Å². The summed E-state index contributed by atoms with van der Waals surface area (Å²) < 4.78 is 35.2. The van der Waals surface area contributed by atoms with Gasteiger partial charge in [-0.05, 0) is 60.2 Å². The van der Waals surface area contributed by atoms with Crippen LogP contribution in [0.2, 0.25) is 0 Å². The van der Waals surface area contributed by atoms with Gasteiger partial charge in [-0.15, -0.1) is 11.3 Å². The van der Waals surface area contributed by atoms with E-state index in [1.807, 2.05) is 12.1 Å². The summed E-state index contributed by atoms with van der Waals surface area (Å²) in [5.74, 6) is -1.53.